The van der Waals surface area contributed by atoms with Crippen LogP contribution in [0.5, 0.6) is 0 Å². The van der Waals surface area contributed by atoms with Gasteiger partial charge in [0.25, 0.3) is 5.89 Å². The summed E-state index contributed by atoms with van der Waals surface area (Å²) in [7, 11) is 0. The third-order valence-electron chi connectivity index (χ3n) is 1.95. The largest absolute Gasteiger partial charge is 0.476 e. The maximum atomic E-state index is 10.7. The third kappa shape index (κ3) is 1.63. The normalized spacial score (nSPS) is 10.5. The van der Waals surface area contributed by atoms with Gasteiger partial charge in [-0.3, -0.25) is 0 Å². The SMILES string of the molecule is Cc1ccc(-c2nc(C(=O)O)c(C)o2)o1. The van der Waals surface area contributed by atoms with Crippen LogP contribution in [0, 0.1) is 13.8 Å². The molecule has 0 spiro atoms. The van der Waals surface area contributed by atoms with Crippen LogP contribution >= 0.6 is 0 Å². The maximum absolute atomic E-state index is 10.7. The second kappa shape index (κ2) is 3.27. The molecule has 0 aromatic carbocycles. The number of hydrogen-bond donors (Lipinski definition) is 1. The lowest BCUT2D eigenvalue weighted by molar-refractivity contribution is 0.0689. The first-order valence-electron chi connectivity index (χ1n) is 4.35. The molecule has 5 nitrogen and oxygen atoms in total. The number of aromatic carboxylic acids is 1. The molecule has 2 aromatic rings. The smallest absolute Gasteiger partial charge is 0.358 e. The van der Waals surface area contributed by atoms with Crippen molar-refractivity contribution in [1.29, 1.82) is 0 Å². The van der Waals surface area contributed by atoms with Crippen LogP contribution in [-0.4, -0.2) is 16.1 Å². The van der Waals surface area contributed by atoms with E-state index in [0.717, 1.165) is 5.76 Å². The van der Waals surface area contributed by atoms with Crippen LogP contribution in [0.3, 0.4) is 0 Å². The lowest BCUT2D eigenvalue weighted by atomic mass is 10.4. The van der Waals surface area contributed by atoms with Gasteiger partial charge in [0.15, 0.2) is 11.5 Å². The van der Waals surface area contributed by atoms with Gasteiger partial charge in [0.2, 0.25) is 0 Å². The minimum atomic E-state index is -1.11. The van der Waals surface area contributed by atoms with E-state index in [2.05, 4.69) is 4.98 Å². The fraction of sp³-hybridized carbons (Fsp3) is 0.200. The van der Waals surface area contributed by atoms with Crippen molar-refractivity contribution in [2.75, 3.05) is 0 Å². The second-order valence-corrected chi connectivity index (χ2v) is 3.14. The molecule has 0 radical (unpaired) electrons. The first kappa shape index (κ1) is 9.51. The number of rotatable bonds is 2. The molecule has 5 heteroatoms. The summed E-state index contributed by atoms with van der Waals surface area (Å²) < 4.78 is 10.5. The summed E-state index contributed by atoms with van der Waals surface area (Å²) in [6.45, 7) is 3.34. The van der Waals surface area contributed by atoms with Crippen LogP contribution in [0.4, 0.5) is 0 Å². The molecule has 2 heterocycles. The minimum Gasteiger partial charge on any atom is -0.476 e. The monoisotopic (exact) mass is 207 g/mol. The van der Waals surface area contributed by atoms with E-state index in [1.54, 1.807) is 26.0 Å². The van der Waals surface area contributed by atoms with Crippen LogP contribution in [0.1, 0.15) is 22.0 Å². The van der Waals surface area contributed by atoms with Crippen LogP contribution in [0.25, 0.3) is 11.7 Å². The highest BCUT2D eigenvalue weighted by Gasteiger charge is 2.18. The van der Waals surface area contributed by atoms with Crippen LogP contribution in [0.15, 0.2) is 21.0 Å². The second-order valence-electron chi connectivity index (χ2n) is 3.14. The van der Waals surface area contributed by atoms with E-state index in [9.17, 15) is 4.79 Å². The molecule has 15 heavy (non-hydrogen) atoms. The zero-order chi connectivity index (χ0) is 11.0. The number of carboxylic acids is 1. The number of aromatic nitrogens is 1. The quantitative estimate of drug-likeness (QED) is 0.817. The third-order valence-corrected chi connectivity index (χ3v) is 1.95. The van der Waals surface area contributed by atoms with Crippen molar-refractivity contribution < 1.29 is 18.7 Å². The Kier molecular flexibility index (Phi) is 2.07. The van der Waals surface area contributed by atoms with Crippen molar-refractivity contribution in [2.45, 2.75) is 13.8 Å². The Morgan fingerprint density at radius 2 is 2.07 bits per heavy atom. The Balaban J connectivity index is 2.46. The lowest BCUT2D eigenvalue weighted by Crippen LogP contribution is -1.98. The fourth-order valence-electron chi connectivity index (χ4n) is 1.25. The predicted octanol–water partition coefficient (Wildman–Crippen LogP) is 2.25. The summed E-state index contributed by atoms with van der Waals surface area (Å²) in [5.41, 5.74) is -0.0842. The fourth-order valence-corrected chi connectivity index (χ4v) is 1.25. The van der Waals surface area contributed by atoms with Gasteiger partial charge in [0.1, 0.15) is 11.5 Å². The Bertz CT molecular complexity index is 509. The molecule has 1 N–H and O–H groups in total. The summed E-state index contributed by atoms with van der Waals surface area (Å²) in [5.74, 6) is 0.510. The molecule has 2 rings (SSSR count). The topological polar surface area (TPSA) is 76.5 Å². The molecular formula is C10H9NO4. The number of oxazole rings is 1. The molecule has 0 amide bonds. The average molecular weight is 207 g/mol. The van der Waals surface area contributed by atoms with Crippen molar-refractivity contribution in [1.82, 2.24) is 4.98 Å². The number of hydrogen-bond acceptors (Lipinski definition) is 4. The maximum Gasteiger partial charge on any atom is 0.358 e. The highest BCUT2D eigenvalue weighted by molar-refractivity contribution is 5.86. The summed E-state index contributed by atoms with van der Waals surface area (Å²) >= 11 is 0. The zero-order valence-corrected chi connectivity index (χ0v) is 8.27. The van der Waals surface area contributed by atoms with Gasteiger partial charge in [-0.1, -0.05) is 0 Å². The van der Waals surface area contributed by atoms with Gasteiger partial charge in [-0.15, -0.1) is 0 Å². The first-order valence-corrected chi connectivity index (χ1v) is 4.35. The number of furan rings is 1. The van der Waals surface area contributed by atoms with Gasteiger partial charge in [-0.05, 0) is 26.0 Å². The van der Waals surface area contributed by atoms with Crippen molar-refractivity contribution in [3.05, 3.63) is 29.3 Å². The molecule has 0 bridgehead atoms. The van der Waals surface area contributed by atoms with E-state index in [1.165, 1.54) is 0 Å². The first-order chi connectivity index (χ1) is 7.08. The lowest BCUT2D eigenvalue weighted by Gasteiger charge is -1.86. The Hall–Kier alpha value is -2.04. The number of carbonyl (C=O) groups is 1. The number of carboxylic acid groups (broad SMARTS) is 1. The molecule has 0 aliphatic heterocycles. The van der Waals surface area contributed by atoms with E-state index in [0.29, 0.717) is 5.76 Å². The summed E-state index contributed by atoms with van der Waals surface area (Å²) in [6.07, 6.45) is 0. The van der Waals surface area contributed by atoms with E-state index in [4.69, 9.17) is 13.9 Å². The van der Waals surface area contributed by atoms with Gasteiger partial charge in [0.05, 0.1) is 0 Å². The molecule has 0 saturated carbocycles. The molecular weight excluding hydrogens is 198 g/mol. The molecule has 0 saturated heterocycles. The van der Waals surface area contributed by atoms with E-state index < -0.39 is 5.97 Å². The van der Waals surface area contributed by atoms with E-state index in [-0.39, 0.29) is 17.3 Å². The van der Waals surface area contributed by atoms with E-state index in [1.807, 2.05) is 0 Å². The molecule has 0 aliphatic rings. The average Bonchev–Trinajstić information content (AvgIpc) is 2.71. The van der Waals surface area contributed by atoms with E-state index >= 15 is 0 Å². The molecule has 0 atom stereocenters. The van der Waals surface area contributed by atoms with Crippen LogP contribution < -0.4 is 0 Å². The molecule has 0 aliphatic carbocycles. The van der Waals surface area contributed by atoms with Gasteiger partial charge >= 0.3 is 5.97 Å². The zero-order valence-electron chi connectivity index (χ0n) is 8.27. The molecule has 78 valence electrons. The number of nitrogens with zero attached hydrogens (tertiary/aromatic N) is 1. The highest BCUT2D eigenvalue weighted by atomic mass is 16.4. The highest BCUT2D eigenvalue weighted by Crippen LogP contribution is 2.23. The molecule has 2 aromatic heterocycles. The Morgan fingerprint density at radius 1 is 1.33 bits per heavy atom. The van der Waals surface area contributed by atoms with Crippen molar-refractivity contribution in [2.24, 2.45) is 0 Å². The minimum absolute atomic E-state index is 0.0842. The van der Waals surface area contributed by atoms with Crippen LogP contribution in [0.2, 0.25) is 0 Å². The summed E-state index contributed by atoms with van der Waals surface area (Å²) in [5, 5.41) is 8.78. The standard InChI is InChI=1S/C10H9NO4/c1-5-3-4-7(14-5)9-11-8(10(12)13)6(2)15-9/h3-4H,1-2H3,(H,12,13). The van der Waals surface area contributed by atoms with Crippen molar-refractivity contribution in [3.8, 4) is 11.7 Å². The predicted molar refractivity (Wildman–Crippen MR) is 50.6 cm³/mol. The van der Waals surface area contributed by atoms with Crippen molar-refractivity contribution >= 4 is 5.97 Å². The van der Waals surface area contributed by atoms with Gasteiger partial charge < -0.3 is 13.9 Å². The molecule has 0 fully saturated rings. The van der Waals surface area contributed by atoms with Gasteiger partial charge in [0, 0.05) is 0 Å². The Morgan fingerprint density at radius 3 is 2.53 bits per heavy atom. The number of aryl methyl sites for hydroxylation is 2. The summed E-state index contributed by atoms with van der Waals surface area (Å²) in [4.78, 5) is 14.6. The summed E-state index contributed by atoms with van der Waals surface area (Å²) in [6, 6.07) is 3.45. The van der Waals surface area contributed by atoms with Crippen LogP contribution in [-0.2, 0) is 0 Å². The Labute approximate surface area is 85.3 Å². The van der Waals surface area contributed by atoms with Gasteiger partial charge in [-0.25, -0.2) is 4.79 Å². The molecule has 0 unspecified atom stereocenters. The van der Waals surface area contributed by atoms with Crippen molar-refractivity contribution in [3.63, 3.8) is 0 Å². The van der Waals surface area contributed by atoms with Gasteiger partial charge in [-0.2, -0.15) is 4.98 Å².